The van der Waals surface area contributed by atoms with Crippen molar-refractivity contribution in [3.8, 4) is 11.4 Å². The zero-order valence-corrected chi connectivity index (χ0v) is 29.9. The first-order valence-electron chi connectivity index (χ1n) is 17.2. The molecule has 0 fully saturated rings. The minimum absolute atomic E-state index is 0.166. The number of amides is 3. The lowest BCUT2D eigenvalue weighted by atomic mass is 10.1. The largest absolute Gasteiger partial charge is 0.366 e. The maximum atomic E-state index is 16.7. The maximum Gasteiger partial charge on any atom is 0.276 e. The number of anilines is 1. The predicted molar refractivity (Wildman–Crippen MR) is 200 cm³/mol. The van der Waals surface area contributed by atoms with Crippen LogP contribution in [0.15, 0.2) is 60.8 Å². The first kappa shape index (κ1) is 34.8. The summed E-state index contributed by atoms with van der Waals surface area (Å²) in [6, 6.07) is 11.8. The first-order valence-corrected chi connectivity index (χ1v) is 17.2. The highest BCUT2D eigenvalue weighted by Crippen LogP contribution is 2.35. The summed E-state index contributed by atoms with van der Waals surface area (Å²) < 4.78 is 23.7. The summed E-state index contributed by atoms with van der Waals surface area (Å²) >= 11 is 0. The Balaban J connectivity index is 1.30. The van der Waals surface area contributed by atoms with E-state index in [2.05, 4.69) is 20.5 Å². The Kier molecular flexibility index (Phi) is 8.85. The van der Waals surface area contributed by atoms with E-state index in [1.807, 2.05) is 55.9 Å². The molecular weight excluding hydrogens is 677 g/mol. The van der Waals surface area contributed by atoms with Crippen molar-refractivity contribution < 1.29 is 18.8 Å². The van der Waals surface area contributed by atoms with E-state index in [0.29, 0.717) is 74.1 Å². The number of hydrogen-bond acceptors (Lipinski definition) is 7. The molecule has 0 atom stereocenters. The van der Waals surface area contributed by atoms with Gasteiger partial charge in [0, 0.05) is 59.8 Å². The van der Waals surface area contributed by atoms with E-state index >= 15 is 4.39 Å². The third-order valence-corrected chi connectivity index (χ3v) is 9.29. The van der Waals surface area contributed by atoms with Gasteiger partial charge in [-0.15, -0.1) is 0 Å². The lowest BCUT2D eigenvalue weighted by Crippen LogP contribution is -2.20. The Morgan fingerprint density at radius 2 is 1.49 bits per heavy atom. The summed E-state index contributed by atoms with van der Waals surface area (Å²) in [7, 11) is 0. The second-order valence-electron chi connectivity index (χ2n) is 12.9. The topological polar surface area (TPSA) is 187 Å². The minimum atomic E-state index is -0.594. The van der Waals surface area contributed by atoms with Crippen LogP contribution in [0.4, 0.5) is 10.3 Å². The predicted octanol–water partition coefficient (Wildman–Crippen LogP) is 5.41. The van der Waals surface area contributed by atoms with Crippen LogP contribution in [0.25, 0.3) is 44.2 Å². The third-order valence-electron chi connectivity index (χ3n) is 9.29. The fraction of sp³-hybridized carbons (Fsp3) is 0.237. The minimum Gasteiger partial charge on any atom is -0.366 e. The number of fused-ring (bicyclic) bond motifs is 4. The number of imidazole rings is 1. The average molecular weight is 716 g/mol. The molecule has 14 nitrogen and oxygen atoms in total. The zero-order valence-electron chi connectivity index (χ0n) is 29.9. The summed E-state index contributed by atoms with van der Waals surface area (Å²) in [6.45, 7) is 10.9. The van der Waals surface area contributed by atoms with E-state index in [9.17, 15) is 14.4 Å². The summed E-state index contributed by atoms with van der Waals surface area (Å²) in [5.74, 6) is -1.83. The van der Waals surface area contributed by atoms with E-state index < -0.39 is 17.6 Å². The highest BCUT2D eigenvalue weighted by atomic mass is 19.1. The Morgan fingerprint density at radius 3 is 2.19 bits per heavy atom. The lowest BCUT2D eigenvalue weighted by molar-refractivity contribution is 0.0992. The molecule has 0 spiro atoms. The molecule has 7 aromatic rings. The van der Waals surface area contributed by atoms with E-state index in [1.54, 1.807) is 58.0 Å². The van der Waals surface area contributed by atoms with Crippen LogP contribution in [0.5, 0.6) is 0 Å². The number of carbonyl (C=O) groups excluding carboxylic acids is 3. The van der Waals surface area contributed by atoms with Crippen LogP contribution in [0, 0.1) is 26.6 Å². The van der Waals surface area contributed by atoms with Gasteiger partial charge in [0.1, 0.15) is 11.4 Å². The van der Waals surface area contributed by atoms with Gasteiger partial charge < -0.3 is 20.6 Å². The van der Waals surface area contributed by atoms with Crippen molar-refractivity contribution in [2.75, 3.05) is 5.32 Å². The fourth-order valence-electron chi connectivity index (χ4n) is 6.93. The van der Waals surface area contributed by atoms with Gasteiger partial charge in [-0.2, -0.15) is 10.2 Å². The van der Waals surface area contributed by atoms with Crippen LogP contribution in [0.3, 0.4) is 0 Å². The molecule has 0 radical (unpaired) electrons. The van der Waals surface area contributed by atoms with Gasteiger partial charge in [-0.25, -0.2) is 9.37 Å². The molecule has 0 aliphatic carbocycles. The molecule has 3 amide bonds. The van der Waals surface area contributed by atoms with Crippen molar-refractivity contribution in [2.45, 2.75) is 60.8 Å². The van der Waals surface area contributed by atoms with Gasteiger partial charge in [-0.3, -0.25) is 34.0 Å². The third kappa shape index (κ3) is 6.09. The monoisotopic (exact) mass is 715 g/mol. The smallest absolute Gasteiger partial charge is 0.276 e. The SMILES string of the molecule is CCn1nc(C)cc1C(=O)Nc1nc2cc(C(N)=O)cc(C)c2n1CC=CCn1c2ccc(C(N)=O)cc2c2cnc(-c3cc(C)nn3CC)c(F)c21. The Morgan fingerprint density at radius 1 is 0.811 bits per heavy atom. The van der Waals surface area contributed by atoms with E-state index in [-0.39, 0.29) is 30.6 Å². The number of aryl methyl sites for hydroxylation is 5. The van der Waals surface area contributed by atoms with E-state index in [4.69, 9.17) is 16.5 Å². The Labute approximate surface area is 302 Å². The number of nitrogens with zero attached hydrogens (tertiary/aromatic N) is 8. The number of aromatic nitrogens is 8. The maximum absolute atomic E-state index is 16.7. The Bertz CT molecular complexity index is 2660. The number of primary amides is 2. The lowest BCUT2D eigenvalue weighted by Gasteiger charge is -2.11. The highest BCUT2D eigenvalue weighted by Gasteiger charge is 2.23. The Hall–Kier alpha value is -6.64. The molecule has 5 aromatic heterocycles. The molecular formula is C38H38FN11O3. The molecule has 0 aliphatic rings. The van der Waals surface area contributed by atoms with Gasteiger partial charge in [-0.05, 0) is 82.6 Å². The molecule has 53 heavy (non-hydrogen) atoms. The van der Waals surface area contributed by atoms with E-state index in [0.717, 1.165) is 11.3 Å². The second-order valence-corrected chi connectivity index (χ2v) is 12.9. The molecule has 7 rings (SSSR count). The number of nitrogens with two attached hydrogens (primary N) is 2. The van der Waals surface area contributed by atoms with Crippen molar-refractivity contribution in [1.29, 1.82) is 0 Å². The van der Waals surface area contributed by atoms with Gasteiger partial charge in [0.25, 0.3) is 5.91 Å². The number of nitrogens with one attached hydrogen (secondary N) is 1. The molecule has 0 saturated heterocycles. The summed E-state index contributed by atoms with van der Waals surface area (Å²) in [6.07, 6.45) is 5.40. The van der Waals surface area contributed by atoms with Crippen molar-refractivity contribution in [2.24, 2.45) is 11.5 Å². The molecule has 0 aliphatic heterocycles. The summed E-state index contributed by atoms with van der Waals surface area (Å²) in [4.78, 5) is 46.9. The van der Waals surface area contributed by atoms with Crippen LogP contribution < -0.4 is 16.8 Å². The highest BCUT2D eigenvalue weighted by molar-refractivity contribution is 6.11. The van der Waals surface area contributed by atoms with Crippen LogP contribution in [-0.2, 0) is 26.2 Å². The van der Waals surface area contributed by atoms with Gasteiger partial charge in [0.05, 0.1) is 33.6 Å². The number of carbonyl (C=O) groups is 3. The van der Waals surface area contributed by atoms with Crippen molar-refractivity contribution in [1.82, 2.24) is 38.7 Å². The summed E-state index contributed by atoms with van der Waals surface area (Å²) in [5.41, 5.74) is 17.3. The van der Waals surface area contributed by atoms with Crippen LogP contribution in [0.2, 0.25) is 0 Å². The number of rotatable bonds is 11. The first-order chi connectivity index (χ1) is 25.4. The van der Waals surface area contributed by atoms with Gasteiger partial charge in [-0.1, -0.05) is 12.2 Å². The van der Waals surface area contributed by atoms with Crippen LogP contribution in [-0.4, -0.2) is 56.4 Å². The number of allylic oxidation sites excluding steroid dienone is 2. The molecule has 0 unspecified atom stereocenters. The zero-order chi connectivity index (χ0) is 37.7. The second kappa shape index (κ2) is 13.5. The number of hydrogen-bond donors (Lipinski definition) is 3. The van der Waals surface area contributed by atoms with Crippen molar-refractivity contribution >= 4 is 56.5 Å². The number of pyridine rings is 1. The molecule has 0 saturated carbocycles. The molecule has 15 heteroatoms. The van der Waals surface area contributed by atoms with Gasteiger partial charge in [0.15, 0.2) is 5.82 Å². The molecule has 5 heterocycles. The standard InChI is InChI=1S/C38H38FN11O3/c1-6-49-29(15-21(4)45-49)32-31(39)34-26(19-42-32)25-17-23(35(40)51)10-11-28(25)47(34)12-8-9-13-48-33-20(3)14-24(36(41)52)18-27(33)43-38(48)44-37(53)30-16-22(5)46-50(30)7-2/h8-11,14-19H,6-7,12-13H2,1-5H3,(H2,40,51)(H2,41,52)(H,43,44,53). The van der Waals surface area contributed by atoms with Gasteiger partial charge in [0.2, 0.25) is 17.8 Å². The fourth-order valence-corrected chi connectivity index (χ4v) is 6.93. The van der Waals surface area contributed by atoms with E-state index in [1.165, 1.54) is 0 Å². The van der Waals surface area contributed by atoms with Crippen molar-refractivity contribution in [3.63, 3.8) is 0 Å². The number of halogens is 1. The van der Waals surface area contributed by atoms with Crippen LogP contribution >= 0.6 is 0 Å². The molecule has 0 bridgehead atoms. The molecule has 5 N–H and O–H groups in total. The quantitative estimate of drug-likeness (QED) is 0.149. The molecule has 270 valence electrons. The summed E-state index contributed by atoms with van der Waals surface area (Å²) in [5, 5.41) is 13.0. The van der Waals surface area contributed by atoms with Crippen molar-refractivity contribution in [3.05, 3.63) is 100 Å². The van der Waals surface area contributed by atoms with Gasteiger partial charge >= 0.3 is 0 Å². The number of benzene rings is 2. The molecule has 2 aromatic carbocycles. The van der Waals surface area contributed by atoms with Crippen LogP contribution in [0.1, 0.15) is 62.0 Å². The average Bonchev–Trinajstić information content (AvgIpc) is 3.88. The normalized spacial score (nSPS) is 11.8.